The second-order valence-corrected chi connectivity index (χ2v) is 6.03. The maximum absolute atomic E-state index is 12.4. The van der Waals surface area contributed by atoms with Crippen molar-refractivity contribution in [2.75, 3.05) is 19.0 Å². The highest BCUT2D eigenvalue weighted by Crippen LogP contribution is 2.25. The number of hydrogen-bond acceptors (Lipinski definition) is 1. The number of hydrogen-bond donors (Lipinski definition) is 0. The molecule has 1 heterocycles. The minimum Gasteiger partial charge on any atom is -0.338 e. The molecular formula is C14H17BrClNO. The fourth-order valence-electron chi connectivity index (χ4n) is 2.42. The third-order valence-corrected chi connectivity index (χ3v) is 4.67. The fourth-order valence-corrected chi connectivity index (χ4v) is 3.09. The van der Waals surface area contributed by atoms with E-state index < -0.39 is 0 Å². The summed E-state index contributed by atoms with van der Waals surface area (Å²) in [7, 11) is 0. The van der Waals surface area contributed by atoms with Crippen LogP contribution in [0.4, 0.5) is 0 Å². The van der Waals surface area contributed by atoms with E-state index in [1.807, 2.05) is 30.0 Å². The molecule has 1 aromatic carbocycles. The molecule has 1 fully saturated rings. The molecule has 1 unspecified atom stereocenters. The normalized spacial score (nSPS) is 19.3. The number of benzene rings is 1. The molecule has 2 nitrogen and oxygen atoms in total. The van der Waals surface area contributed by atoms with Crippen molar-refractivity contribution in [2.24, 2.45) is 5.92 Å². The quantitative estimate of drug-likeness (QED) is 0.771. The lowest BCUT2D eigenvalue weighted by atomic mass is 10.1. The van der Waals surface area contributed by atoms with Crippen LogP contribution in [-0.2, 0) is 0 Å². The number of likely N-dealkylation sites (tertiary alicyclic amines) is 1. The van der Waals surface area contributed by atoms with Gasteiger partial charge in [-0.3, -0.25) is 4.79 Å². The van der Waals surface area contributed by atoms with Crippen LogP contribution in [0, 0.1) is 12.8 Å². The molecule has 0 aliphatic carbocycles. The average Bonchev–Trinajstić information content (AvgIpc) is 2.81. The van der Waals surface area contributed by atoms with Crippen molar-refractivity contribution >= 4 is 33.4 Å². The van der Waals surface area contributed by atoms with E-state index in [1.165, 1.54) is 0 Å². The predicted octanol–water partition coefficient (Wildman–Crippen LogP) is 3.85. The highest BCUT2D eigenvalue weighted by molar-refractivity contribution is 9.10. The number of nitrogens with zero attached hydrogens (tertiary/aromatic N) is 1. The van der Waals surface area contributed by atoms with Crippen LogP contribution in [0.25, 0.3) is 0 Å². The van der Waals surface area contributed by atoms with E-state index in [9.17, 15) is 4.79 Å². The third kappa shape index (κ3) is 2.89. The summed E-state index contributed by atoms with van der Waals surface area (Å²) in [6, 6.07) is 5.78. The molecular weight excluding hydrogens is 314 g/mol. The Morgan fingerprint density at radius 2 is 2.33 bits per heavy atom. The zero-order valence-electron chi connectivity index (χ0n) is 10.5. The molecule has 0 N–H and O–H groups in total. The Kier molecular flexibility index (Phi) is 4.68. The van der Waals surface area contributed by atoms with Gasteiger partial charge in [-0.05, 0) is 43.4 Å². The van der Waals surface area contributed by atoms with Crippen LogP contribution in [0.3, 0.4) is 0 Å². The molecule has 98 valence electrons. The van der Waals surface area contributed by atoms with Crippen molar-refractivity contribution in [3.05, 3.63) is 33.8 Å². The van der Waals surface area contributed by atoms with E-state index >= 15 is 0 Å². The van der Waals surface area contributed by atoms with Crippen molar-refractivity contribution in [3.8, 4) is 0 Å². The predicted molar refractivity (Wildman–Crippen MR) is 78.2 cm³/mol. The molecule has 1 saturated heterocycles. The third-order valence-electron chi connectivity index (χ3n) is 3.59. The average molecular weight is 331 g/mol. The standard InChI is InChI=1S/C14H17BrClNO/c1-10-12(3-2-4-13(10)15)14(18)17-8-6-11(9-17)5-7-16/h2-4,11H,5-9H2,1H3. The molecule has 0 radical (unpaired) electrons. The van der Waals surface area contributed by atoms with Crippen LogP contribution in [0.5, 0.6) is 0 Å². The van der Waals surface area contributed by atoms with Gasteiger partial charge in [0.1, 0.15) is 0 Å². The lowest BCUT2D eigenvalue weighted by Crippen LogP contribution is -2.29. The Morgan fingerprint density at radius 1 is 1.56 bits per heavy atom. The number of amides is 1. The highest BCUT2D eigenvalue weighted by Gasteiger charge is 2.27. The van der Waals surface area contributed by atoms with Gasteiger partial charge >= 0.3 is 0 Å². The first-order valence-electron chi connectivity index (χ1n) is 6.24. The summed E-state index contributed by atoms with van der Waals surface area (Å²) in [5.74, 6) is 1.40. The Hall–Kier alpha value is -0.540. The summed E-state index contributed by atoms with van der Waals surface area (Å²) in [5, 5.41) is 0. The van der Waals surface area contributed by atoms with Crippen LogP contribution in [0.1, 0.15) is 28.8 Å². The molecule has 1 amide bonds. The van der Waals surface area contributed by atoms with Crippen molar-refractivity contribution in [3.63, 3.8) is 0 Å². The van der Waals surface area contributed by atoms with Gasteiger partial charge in [0.2, 0.25) is 0 Å². The maximum atomic E-state index is 12.4. The van der Waals surface area contributed by atoms with Gasteiger partial charge in [-0.25, -0.2) is 0 Å². The molecule has 0 bridgehead atoms. The molecule has 0 aromatic heterocycles. The van der Waals surface area contributed by atoms with E-state index in [2.05, 4.69) is 15.9 Å². The number of rotatable bonds is 3. The topological polar surface area (TPSA) is 20.3 Å². The Labute approximate surface area is 121 Å². The number of alkyl halides is 1. The van der Waals surface area contributed by atoms with E-state index in [0.717, 1.165) is 41.5 Å². The van der Waals surface area contributed by atoms with Crippen LogP contribution in [0.15, 0.2) is 22.7 Å². The van der Waals surface area contributed by atoms with Gasteiger partial charge in [0.05, 0.1) is 0 Å². The maximum Gasteiger partial charge on any atom is 0.254 e. The van der Waals surface area contributed by atoms with Crippen LogP contribution < -0.4 is 0 Å². The van der Waals surface area contributed by atoms with Gasteiger partial charge in [0, 0.05) is 29.0 Å². The zero-order chi connectivity index (χ0) is 13.1. The number of carbonyl (C=O) groups is 1. The molecule has 1 aromatic rings. The van der Waals surface area contributed by atoms with Crippen molar-refractivity contribution in [2.45, 2.75) is 19.8 Å². The van der Waals surface area contributed by atoms with E-state index in [-0.39, 0.29) is 5.91 Å². The largest absolute Gasteiger partial charge is 0.338 e. The first-order valence-corrected chi connectivity index (χ1v) is 7.56. The molecule has 4 heteroatoms. The lowest BCUT2D eigenvalue weighted by Gasteiger charge is -2.18. The minimum absolute atomic E-state index is 0.144. The fraction of sp³-hybridized carbons (Fsp3) is 0.500. The molecule has 1 atom stereocenters. The van der Waals surface area contributed by atoms with Crippen LogP contribution >= 0.6 is 27.5 Å². The Bertz CT molecular complexity index is 449. The molecule has 18 heavy (non-hydrogen) atoms. The SMILES string of the molecule is Cc1c(Br)cccc1C(=O)N1CCC(CCCl)C1. The lowest BCUT2D eigenvalue weighted by molar-refractivity contribution is 0.0786. The second-order valence-electron chi connectivity index (χ2n) is 4.80. The summed E-state index contributed by atoms with van der Waals surface area (Å²) < 4.78 is 0.991. The highest BCUT2D eigenvalue weighted by atomic mass is 79.9. The van der Waals surface area contributed by atoms with Gasteiger partial charge < -0.3 is 4.90 Å². The van der Waals surface area contributed by atoms with Crippen molar-refractivity contribution in [1.29, 1.82) is 0 Å². The van der Waals surface area contributed by atoms with Gasteiger partial charge in [0.25, 0.3) is 5.91 Å². The zero-order valence-corrected chi connectivity index (χ0v) is 12.8. The summed E-state index contributed by atoms with van der Waals surface area (Å²) in [6.45, 7) is 3.67. The molecule has 1 aliphatic heterocycles. The Balaban J connectivity index is 2.11. The molecule has 0 spiro atoms. The van der Waals surface area contributed by atoms with Gasteiger partial charge in [-0.1, -0.05) is 22.0 Å². The van der Waals surface area contributed by atoms with Gasteiger partial charge in [0.15, 0.2) is 0 Å². The monoisotopic (exact) mass is 329 g/mol. The molecule has 0 saturated carbocycles. The molecule has 1 aliphatic rings. The minimum atomic E-state index is 0.144. The first-order chi connectivity index (χ1) is 8.63. The summed E-state index contributed by atoms with van der Waals surface area (Å²) in [4.78, 5) is 14.4. The summed E-state index contributed by atoms with van der Waals surface area (Å²) in [6.07, 6.45) is 2.08. The number of halogens is 2. The van der Waals surface area contributed by atoms with E-state index in [0.29, 0.717) is 11.8 Å². The van der Waals surface area contributed by atoms with Crippen molar-refractivity contribution in [1.82, 2.24) is 4.90 Å². The smallest absolute Gasteiger partial charge is 0.254 e. The van der Waals surface area contributed by atoms with E-state index in [1.54, 1.807) is 0 Å². The van der Waals surface area contributed by atoms with Crippen LogP contribution in [-0.4, -0.2) is 29.8 Å². The number of carbonyl (C=O) groups excluding carboxylic acids is 1. The summed E-state index contributed by atoms with van der Waals surface area (Å²) >= 11 is 9.23. The molecule has 2 rings (SSSR count). The second kappa shape index (κ2) is 6.07. The first kappa shape index (κ1) is 13.9. The van der Waals surface area contributed by atoms with Gasteiger partial charge in [-0.2, -0.15) is 0 Å². The Morgan fingerprint density at radius 3 is 3.06 bits per heavy atom. The van der Waals surface area contributed by atoms with Gasteiger partial charge in [-0.15, -0.1) is 11.6 Å². The van der Waals surface area contributed by atoms with E-state index in [4.69, 9.17) is 11.6 Å². The summed E-state index contributed by atoms with van der Waals surface area (Å²) in [5.41, 5.74) is 1.82. The van der Waals surface area contributed by atoms with Crippen LogP contribution in [0.2, 0.25) is 0 Å². The van der Waals surface area contributed by atoms with Crippen molar-refractivity contribution < 1.29 is 4.79 Å².